The fourth-order valence-corrected chi connectivity index (χ4v) is 6.97. The third-order valence-corrected chi connectivity index (χ3v) is 9.64. The first-order valence-electron chi connectivity index (χ1n) is 13.8. The molecule has 41 heavy (non-hydrogen) atoms. The highest BCUT2D eigenvalue weighted by atomic mass is 32.2. The first kappa shape index (κ1) is 29.2. The Morgan fingerprint density at radius 1 is 1.10 bits per heavy atom. The molecule has 3 aromatic rings. The predicted octanol–water partition coefficient (Wildman–Crippen LogP) is 3.65. The highest BCUT2D eigenvalue weighted by Crippen LogP contribution is 2.30. The molecule has 0 spiro atoms. The van der Waals surface area contributed by atoms with Crippen LogP contribution in [0.3, 0.4) is 0 Å². The van der Waals surface area contributed by atoms with E-state index in [1.807, 2.05) is 11.0 Å². The number of nitrogens with zero attached hydrogens (tertiary/aromatic N) is 4. The van der Waals surface area contributed by atoms with Crippen LogP contribution in [0.2, 0.25) is 0 Å². The zero-order chi connectivity index (χ0) is 28.8. The Labute approximate surface area is 239 Å². The smallest absolute Gasteiger partial charge is 0.248 e. The maximum Gasteiger partial charge on any atom is 0.248 e. The van der Waals surface area contributed by atoms with Crippen LogP contribution in [0.5, 0.6) is 0 Å². The number of aryl methyl sites for hydroxylation is 1. The van der Waals surface area contributed by atoms with Crippen LogP contribution in [0.15, 0.2) is 56.5 Å². The molecule has 2 aliphatic rings. The van der Waals surface area contributed by atoms with E-state index in [9.17, 15) is 17.6 Å². The van der Waals surface area contributed by atoms with Gasteiger partial charge in [0.1, 0.15) is 17.3 Å². The molecule has 5 rings (SSSR count). The lowest BCUT2D eigenvalue weighted by Crippen LogP contribution is -2.47. The van der Waals surface area contributed by atoms with E-state index in [1.54, 1.807) is 37.5 Å². The number of sulfonamides is 1. The van der Waals surface area contributed by atoms with Crippen molar-refractivity contribution < 1.29 is 31.3 Å². The van der Waals surface area contributed by atoms with E-state index in [4.69, 9.17) is 13.7 Å². The molecule has 0 saturated carbocycles. The highest BCUT2D eigenvalue weighted by molar-refractivity contribution is 7.89. The molecule has 1 aromatic carbocycles. The molecule has 4 heterocycles. The summed E-state index contributed by atoms with van der Waals surface area (Å²) >= 11 is 0. The number of piperidine rings is 1. The van der Waals surface area contributed by atoms with Crippen molar-refractivity contribution in [1.29, 1.82) is 0 Å². The largest absolute Gasteiger partial charge is 0.467 e. The van der Waals surface area contributed by atoms with Crippen LogP contribution in [0, 0.1) is 18.7 Å². The molecule has 2 aliphatic heterocycles. The minimum absolute atomic E-state index is 0.00127. The van der Waals surface area contributed by atoms with E-state index in [0.717, 1.165) is 19.6 Å². The summed E-state index contributed by atoms with van der Waals surface area (Å²) < 4.78 is 59.0. The molecule has 0 aliphatic carbocycles. The maximum absolute atomic E-state index is 14.1. The van der Waals surface area contributed by atoms with Crippen molar-refractivity contribution in [2.24, 2.45) is 5.92 Å². The third kappa shape index (κ3) is 6.95. The highest BCUT2D eigenvalue weighted by Gasteiger charge is 2.37. The second-order valence-electron chi connectivity index (χ2n) is 10.3. The number of benzene rings is 1. The average Bonchev–Trinajstić information content (AvgIpc) is 3.64. The van der Waals surface area contributed by atoms with Gasteiger partial charge in [0.25, 0.3) is 0 Å². The van der Waals surface area contributed by atoms with Crippen LogP contribution in [-0.2, 0) is 26.1 Å². The van der Waals surface area contributed by atoms with E-state index < -0.39 is 15.8 Å². The SMILES string of the molecule is Cc1noc(C=Cc2ccccc2F)c1S(=O)(=O)N1CCC(C(=O)N(CCN2CCOCC2)Cc2ccco2)CC1. The Morgan fingerprint density at radius 3 is 2.56 bits per heavy atom. The fraction of sp³-hybridized carbons (Fsp3) is 0.448. The van der Waals surface area contributed by atoms with Crippen molar-refractivity contribution in [2.75, 3.05) is 52.5 Å². The van der Waals surface area contributed by atoms with Crippen LogP contribution in [-0.4, -0.2) is 86.1 Å². The Hall–Kier alpha value is -3.32. The van der Waals surface area contributed by atoms with Gasteiger partial charge in [0.05, 0.1) is 26.0 Å². The number of rotatable bonds is 10. The zero-order valence-electron chi connectivity index (χ0n) is 23.1. The molecule has 0 radical (unpaired) electrons. The number of hydrogen-bond donors (Lipinski definition) is 0. The van der Waals surface area contributed by atoms with Crippen LogP contribution in [0.25, 0.3) is 12.2 Å². The normalized spacial score (nSPS) is 17.8. The Bertz CT molecular complexity index is 1440. The van der Waals surface area contributed by atoms with Crippen molar-refractivity contribution in [3.05, 3.63) is 71.3 Å². The van der Waals surface area contributed by atoms with Crippen molar-refractivity contribution >= 4 is 28.1 Å². The lowest BCUT2D eigenvalue weighted by Gasteiger charge is -2.34. The van der Waals surface area contributed by atoms with Gasteiger partial charge < -0.3 is 18.6 Å². The summed E-state index contributed by atoms with van der Waals surface area (Å²) in [6.45, 7) is 6.64. The molecular formula is C29H35FN4O6S. The number of carbonyl (C=O) groups excluding carboxylic acids is 1. The zero-order valence-corrected chi connectivity index (χ0v) is 23.9. The topological polar surface area (TPSA) is 109 Å². The molecule has 220 valence electrons. The number of morpholine rings is 1. The average molecular weight is 587 g/mol. The van der Waals surface area contributed by atoms with Gasteiger partial charge in [0.15, 0.2) is 10.7 Å². The quantitative estimate of drug-likeness (QED) is 0.354. The molecule has 0 atom stereocenters. The van der Waals surface area contributed by atoms with Gasteiger partial charge in [-0.15, -0.1) is 0 Å². The van der Waals surface area contributed by atoms with Gasteiger partial charge in [-0.3, -0.25) is 9.69 Å². The summed E-state index contributed by atoms with van der Waals surface area (Å²) in [6.07, 6.45) is 5.27. The number of hydrogen-bond acceptors (Lipinski definition) is 8. The van der Waals surface area contributed by atoms with Gasteiger partial charge in [-0.1, -0.05) is 23.4 Å². The van der Waals surface area contributed by atoms with Gasteiger partial charge in [0, 0.05) is 50.7 Å². The number of ether oxygens (including phenoxy) is 1. The standard InChI is InChI=1S/C29H35FN4O6S/c1-22-28(27(40-31-22)9-8-23-5-2-3-7-26(23)30)41(36,37)34-12-10-24(11-13-34)29(35)33(21-25-6-4-18-39-25)15-14-32-16-19-38-20-17-32/h2-9,18,24H,10-17,19-21H2,1H3. The summed E-state index contributed by atoms with van der Waals surface area (Å²) in [5.74, 6) is 0.0181. The molecule has 2 saturated heterocycles. The lowest BCUT2D eigenvalue weighted by molar-refractivity contribution is -0.138. The van der Waals surface area contributed by atoms with Gasteiger partial charge in [-0.2, -0.15) is 4.31 Å². The summed E-state index contributed by atoms with van der Waals surface area (Å²) in [4.78, 5) is 17.7. The number of amides is 1. The number of aromatic nitrogens is 1. The predicted molar refractivity (Wildman–Crippen MR) is 149 cm³/mol. The first-order valence-corrected chi connectivity index (χ1v) is 15.3. The van der Waals surface area contributed by atoms with E-state index in [-0.39, 0.29) is 41.3 Å². The monoisotopic (exact) mass is 586 g/mol. The van der Waals surface area contributed by atoms with Crippen LogP contribution < -0.4 is 0 Å². The van der Waals surface area contributed by atoms with Crippen molar-refractivity contribution in [2.45, 2.75) is 31.2 Å². The summed E-state index contributed by atoms with van der Waals surface area (Å²) in [5.41, 5.74) is 0.529. The minimum atomic E-state index is -3.96. The van der Waals surface area contributed by atoms with Crippen LogP contribution >= 0.6 is 0 Å². The Morgan fingerprint density at radius 2 is 1.85 bits per heavy atom. The van der Waals surface area contributed by atoms with Gasteiger partial charge in [-0.05, 0) is 50.1 Å². The maximum atomic E-state index is 14.1. The first-order chi connectivity index (χ1) is 19.8. The van der Waals surface area contributed by atoms with E-state index in [1.165, 1.54) is 22.5 Å². The summed E-state index contributed by atoms with van der Waals surface area (Å²) in [5, 5.41) is 3.87. The molecule has 10 nitrogen and oxygen atoms in total. The Balaban J connectivity index is 1.25. The number of carbonyl (C=O) groups is 1. The van der Waals surface area contributed by atoms with E-state index in [0.29, 0.717) is 50.5 Å². The fourth-order valence-electron chi connectivity index (χ4n) is 5.25. The van der Waals surface area contributed by atoms with E-state index >= 15 is 0 Å². The second-order valence-corrected chi connectivity index (χ2v) is 12.2. The minimum Gasteiger partial charge on any atom is -0.467 e. The van der Waals surface area contributed by atoms with Crippen molar-refractivity contribution in [3.8, 4) is 0 Å². The molecule has 12 heteroatoms. The third-order valence-electron chi connectivity index (χ3n) is 7.58. The van der Waals surface area contributed by atoms with Gasteiger partial charge >= 0.3 is 0 Å². The molecule has 2 fully saturated rings. The lowest BCUT2D eigenvalue weighted by atomic mass is 9.96. The molecule has 0 N–H and O–H groups in total. The molecule has 0 bridgehead atoms. The molecule has 1 amide bonds. The molecule has 2 aromatic heterocycles. The number of halogens is 1. The molecular weight excluding hydrogens is 551 g/mol. The second kappa shape index (κ2) is 13.1. The van der Waals surface area contributed by atoms with Gasteiger partial charge in [0.2, 0.25) is 15.9 Å². The molecule has 0 unspecified atom stereocenters. The number of furan rings is 1. The van der Waals surface area contributed by atoms with Crippen molar-refractivity contribution in [3.63, 3.8) is 0 Å². The summed E-state index contributed by atoms with van der Waals surface area (Å²) in [6, 6.07) is 9.83. The summed E-state index contributed by atoms with van der Waals surface area (Å²) in [7, 11) is -3.96. The van der Waals surface area contributed by atoms with Crippen LogP contribution in [0.4, 0.5) is 4.39 Å². The van der Waals surface area contributed by atoms with Crippen LogP contribution in [0.1, 0.15) is 35.6 Å². The van der Waals surface area contributed by atoms with Gasteiger partial charge in [-0.25, -0.2) is 12.8 Å². The van der Waals surface area contributed by atoms with Crippen molar-refractivity contribution in [1.82, 2.24) is 19.3 Å². The Kier molecular flexibility index (Phi) is 9.33. The van der Waals surface area contributed by atoms with E-state index in [2.05, 4.69) is 10.1 Å².